The van der Waals surface area contributed by atoms with Crippen LogP contribution >= 0.6 is 11.5 Å². The van der Waals surface area contributed by atoms with E-state index in [1.54, 1.807) is 6.07 Å². The average Bonchev–Trinajstić information content (AvgIpc) is 2.97. The van der Waals surface area contributed by atoms with Crippen molar-refractivity contribution < 1.29 is 15.0 Å². The molecule has 0 spiro atoms. The van der Waals surface area contributed by atoms with Crippen LogP contribution in [0.2, 0.25) is 0 Å². The first-order valence-corrected chi connectivity index (χ1v) is 6.51. The highest BCUT2D eigenvalue weighted by Gasteiger charge is 2.18. The van der Waals surface area contributed by atoms with Crippen molar-refractivity contribution in [2.45, 2.75) is 0 Å². The molecule has 0 saturated heterocycles. The van der Waals surface area contributed by atoms with Gasteiger partial charge in [0.05, 0.1) is 11.4 Å². The molecule has 1 heterocycles. The van der Waals surface area contributed by atoms with Crippen molar-refractivity contribution >= 4 is 34.0 Å². The van der Waals surface area contributed by atoms with E-state index >= 15 is 0 Å². The van der Waals surface area contributed by atoms with E-state index in [-0.39, 0.29) is 27.7 Å². The Labute approximate surface area is 128 Å². The Bertz CT molecular complexity index is 771. The lowest BCUT2D eigenvalue weighted by molar-refractivity contribution is -0.112. The number of benzene rings is 1. The molecule has 0 aliphatic carbocycles. The molecule has 0 aliphatic heterocycles. The third kappa shape index (κ3) is 2.89. The summed E-state index contributed by atoms with van der Waals surface area (Å²) in [6.07, 6.45) is 1.25. The van der Waals surface area contributed by atoms with Crippen molar-refractivity contribution in [3.8, 4) is 17.6 Å². The zero-order valence-corrected chi connectivity index (χ0v) is 11.8. The number of hydrogen-bond donors (Lipinski definition) is 5. The van der Waals surface area contributed by atoms with E-state index in [0.29, 0.717) is 0 Å². The van der Waals surface area contributed by atoms with Crippen LogP contribution in [0.15, 0.2) is 24.0 Å². The van der Waals surface area contributed by atoms with Gasteiger partial charge in [0.15, 0.2) is 11.5 Å². The highest BCUT2D eigenvalue weighted by atomic mass is 32.1. The number of aromatic nitrogens is 2. The molecule has 1 amide bonds. The number of nitriles is 1. The lowest BCUT2D eigenvalue weighted by Gasteiger charge is -2.09. The molecule has 0 radical (unpaired) electrons. The van der Waals surface area contributed by atoms with Crippen molar-refractivity contribution in [3.63, 3.8) is 0 Å². The number of nitrogens with one attached hydrogen (secondary N) is 1. The molecule has 1 aromatic heterocycles. The van der Waals surface area contributed by atoms with Gasteiger partial charge in [0, 0.05) is 17.1 Å². The van der Waals surface area contributed by atoms with Crippen LogP contribution in [0.4, 0.5) is 10.8 Å². The summed E-state index contributed by atoms with van der Waals surface area (Å²) in [6, 6.07) is 4.01. The molecule has 0 fully saturated rings. The van der Waals surface area contributed by atoms with Gasteiger partial charge in [-0.2, -0.15) is 9.64 Å². The van der Waals surface area contributed by atoms with E-state index in [1.807, 2.05) is 0 Å². The fraction of sp³-hybridized carbons (Fsp3) is 0. The molecule has 0 unspecified atom stereocenters. The Morgan fingerprint density at radius 1 is 1.41 bits per heavy atom. The van der Waals surface area contributed by atoms with Crippen LogP contribution in [-0.4, -0.2) is 25.5 Å². The molecule has 9 nitrogen and oxygen atoms in total. The van der Waals surface area contributed by atoms with Crippen LogP contribution in [0.3, 0.4) is 0 Å². The summed E-state index contributed by atoms with van der Waals surface area (Å²) in [6.45, 7) is 0. The first-order valence-electron chi connectivity index (χ1n) is 5.73. The number of nitrogens with two attached hydrogens (primary N) is 2. The van der Waals surface area contributed by atoms with Gasteiger partial charge in [0.1, 0.15) is 18.0 Å². The third-order valence-electron chi connectivity index (χ3n) is 2.62. The van der Waals surface area contributed by atoms with Gasteiger partial charge in [-0.1, -0.05) is 0 Å². The minimum Gasteiger partial charge on any atom is -0.504 e. The van der Waals surface area contributed by atoms with E-state index in [1.165, 1.54) is 12.4 Å². The van der Waals surface area contributed by atoms with E-state index in [9.17, 15) is 15.0 Å². The molecule has 0 atom stereocenters. The van der Waals surface area contributed by atoms with E-state index < -0.39 is 17.4 Å². The van der Waals surface area contributed by atoms with Crippen molar-refractivity contribution in [1.82, 2.24) is 9.36 Å². The number of carbonyl (C=O) groups is 1. The monoisotopic (exact) mass is 318 g/mol. The zero-order valence-electron chi connectivity index (χ0n) is 10.9. The van der Waals surface area contributed by atoms with Crippen molar-refractivity contribution in [3.05, 3.63) is 29.6 Å². The standard InChI is InChI=1S/C12H10N6O3S/c13-3-6(11(21)18-12-16-4-17-22-12)9(15)5-1-7(14)10(20)8(19)2-5/h1-2,4,19-20H,14-15H2,(H,16,17,18,21)/b9-6-. The summed E-state index contributed by atoms with van der Waals surface area (Å²) in [7, 11) is 0. The second-order valence-corrected chi connectivity index (χ2v) is 4.81. The minimum absolute atomic E-state index is 0.122. The van der Waals surface area contributed by atoms with Gasteiger partial charge in [-0.25, -0.2) is 4.98 Å². The number of phenols is 2. The predicted octanol–water partition coefficient (Wildman–Crippen LogP) is 0.364. The van der Waals surface area contributed by atoms with Crippen LogP contribution < -0.4 is 16.8 Å². The molecule has 7 N–H and O–H groups in total. The highest BCUT2D eigenvalue weighted by Crippen LogP contribution is 2.34. The summed E-state index contributed by atoms with van der Waals surface area (Å²) in [5, 5.41) is 30.6. The van der Waals surface area contributed by atoms with Gasteiger partial charge in [-0.3, -0.25) is 10.1 Å². The molecule has 1 aromatic carbocycles. The fourth-order valence-electron chi connectivity index (χ4n) is 1.56. The molecule has 112 valence electrons. The maximum atomic E-state index is 12.0. The summed E-state index contributed by atoms with van der Waals surface area (Å²) in [4.78, 5) is 15.8. The van der Waals surface area contributed by atoms with E-state index in [4.69, 9.17) is 16.7 Å². The molecule has 2 rings (SSSR count). The number of phenolic OH excluding ortho intramolecular Hbond substituents is 2. The SMILES string of the molecule is N#C/C(C(=O)Nc1ncns1)=C(/N)c1cc(N)c(O)c(O)c1. The topological polar surface area (TPSA) is 171 Å². The van der Waals surface area contributed by atoms with Crippen molar-refractivity contribution in [2.75, 3.05) is 11.1 Å². The maximum Gasteiger partial charge on any atom is 0.270 e. The van der Waals surface area contributed by atoms with E-state index in [2.05, 4.69) is 14.7 Å². The van der Waals surface area contributed by atoms with Gasteiger partial charge in [-0.15, -0.1) is 0 Å². The highest BCUT2D eigenvalue weighted by molar-refractivity contribution is 7.09. The molecule has 10 heteroatoms. The molecule has 0 aliphatic rings. The molecule has 2 aromatic rings. The minimum atomic E-state index is -0.775. The van der Waals surface area contributed by atoms with Crippen LogP contribution in [0.1, 0.15) is 5.56 Å². The van der Waals surface area contributed by atoms with Crippen molar-refractivity contribution in [1.29, 1.82) is 5.26 Å². The predicted molar refractivity (Wildman–Crippen MR) is 79.4 cm³/mol. The Morgan fingerprint density at radius 3 is 2.68 bits per heavy atom. The van der Waals surface area contributed by atoms with Gasteiger partial charge in [0.25, 0.3) is 5.91 Å². The van der Waals surface area contributed by atoms with E-state index in [0.717, 1.165) is 17.6 Å². The second kappa shape index (κ2) is 5.98. The first kappa shape index (κ1) is 15.1. The lowest BCUT2D eigenvalue weighted by Crippen LogP contribution is -2.17. The normalized spacial score (nSPS) is 11.4. The average molecular weight is 318 g/mol. The number of amides is 1. The van der Waals surface area contributed by atoms with Gasteiger partial charge in [-0.05, 0) is 12.1 Å². The van der Waals surface area contributed by atoms with Gasteiger partial charge < -0.3 is 21.7 Å². The number of aromatic hydroxyl groups is 2. The van der Waals surface area contributed by atoms with Crippen molar-refractivity contribution in [2.24, 2.45) is 5.73 Å². The van der Waals surface area contributed by atoms with Gasteiger partial charge >= 0.3 is 0 Å². The Balaban J connectivity index is 2.41. The van der Waals surface area contributed by atoms with Crippen LogP contribution in [-0.2, 0) is 4.79 Å². The Kier molecular flexibility index (Phi) is 4.10. The smallest absolute Gasteiger partial charge is 0.270 e. The fourth-order valence-corrected chi connectivity index (χ4v) is 1.99. The zero-order chi connectivity index (χ0) is 16.3. The third-order valence-corrected chi connectivity index (χ3v) is 3.20. The number of rotatable bonds is 3. The Morgan fingerprint density at radius 2 is 2.14 bits per heavy atom. The summed E-state index contributed by atoms with van der Waals surface area (Å²) in [5.41, 5.74) is 10.7. The number of hydrogen-bond acceptors (Lipinski definition) is 9. The molecular weight excluding hydrogens is 308 g/mol. The van der Waals surface area contributed by atoms with Gasteiger partial charge in [0.2, 0.25) is 5.13 Å². The van der Waals surface area contributed by atoms with Crippen LogP contribution in [0.5, 0.6) is 11.5 Å². The van der Waals surface area contributed by atoms with Crippen LogP contribution in [0, 0.1) is 11.3 Å². The first-order chi connectivity index (χ1) is 10.4. The Hall–Kier alpha value is -3.32. The quantitative estimate of drug-likeness (QED) is 0.233. The summed E-state index contributed by atoms with van der Waals surface area (Å²) in [5.74, 6) is -1.80. The summed E-state index contributed by atoms with van der Waals surface area (Å²) < 4.78 is 3.70. The number of nitrogens with zero attached hydrogens (tertiary/aromatic N) is 3. The van der Waals surface area contributed by atoms with Crippen LogP contribution in [0.25, 0.3) is 5.70 Å². The molecule has 22 heavy (non-hydrogen) atoms. The largest absolute Gasteiger partial charge is 0.504 e. The number of nitrogen functional groups attached to an aromatic ring is 1. The maximum absolute atomic E-state index is 12.0. The second-order valence-electron chi connectivity index (χ2n) is 4.03. The number of anilines is 2. The lowest BCUT2D eigenvalue weighted by atomic mass is 10.1. The molecule has 0 saturated carbocycles. The molecule has 0 bridgehead atoms. The molecular formula is C12H10N6O3S. The summed E-state index contributed by atoms with van der Waals surface area (Å²) >= 11 is 0.935. The number of carbonyl (C=O) groups excluding carboxylic acids is 1.